The predicted molar refractivity (Wildman–Crippen MR) is 99.2 cm³/mol. The third-order valence-electron chi connectivity index (χ3n) is 4.86. The summed E-state index contributed by atoms with van der Waals surface area (Å²) < 4.78 is 32.5. The molecule has 2 saturated heterocycles. The van der Waals surface area contributed by atoms with Crippen molar-refractivity contribution in [3.63, 3.8) is 0 Å². The van der Waals surface area contributed by atoms with Gasteiger partial charge in [0.15, 0.2) is 6.23 Å². The van der Waals surface area contributed by atoms with E-state index in [0.29, 0.717) is 0 Å². The molecular weight excluding hydrogens is 461 g/mol. The lowest BCUT2D eigenvalue weighted by Crippen LogP contribution is -2.38. The number of nitrogens with two attached hydrogens (primary N) is 1. The summed E-state index contributed by atoms with van der Waals surface area (Å²) in [4.78, 5) is 25.3. The quantitative estimate of drug-likeness (QED) is 0.128. The number of aromatic nitrogens is 2. The first kappa shape index (κ1) is 25.1. The van der Waals surface area contributed by atoms with Crippen molar-refractivity contribution in [2.45, 2.75) is 55.2 Å². The van der Waals surface area contributed by atoms with Gasteiger partial charge in [0.2, 0.25) is 0 Å². The second kappa shape index (κ2) is 9.38. The van der Waals surface area contributed by atoms with Crippen molar-refractivity contribution in [1.82, 2.24) is 9.55 Å². The van der Waals surface area contributed by atoms with Crippen molar-refractivity contribution < 1.29 is 58.6 Å². The molecule has 1 aromatic rings. The van der Waals surface area contributed by atoms with Gasteiger partial charge in [-0.15, -0.1) is 0 Å². The van der Waals surface area contributed by atoms with Crippen molar-refractivity contribution in [3.05, 3.63) is 22.7 Å². The summed E-state index contributed by atoms with van der Waals surface area (Å²) >= 11 is 0. The molecule has 2 aliphatic rings. The van der Waals surface area contributed by atoms with Gasteiger partial charge in [-0.1, -0.05) is 0 Å². The van der Waals surface area contributed by atoms with Crippen LogP contribution >= 0.6 is 7.82 Å². The molecule has 0 spiro atoms. The van der Waals surface area contributed by atoms with Crippen LogP contribution in [0.2, 0.25) is 0 Å². The van der Waals surface area contributed by atoms with Crippen LogP contribution in [0.3, 0.4) is 0 Å². The van der Waals surface area contributed by atoms with E-state index in [9.17, 15) is 39.8 Å². The van der Waals surface area contributed by atoms with Crippen molar-refractivity contribution in [1.29, 1.82) is 0 Å². The van der Waals surface area contributed by atoms with Crippen LogP contribution in [0.15, 0.2) is 17.1 Å². The average Bonchev–Trinajstić information content (AvgIpc) is 3.15. The minimum atomic E-state index is -5.11. The Morgan fingerprint density at radius 1 is 1.38 bits per heavy atom. The lowest BCUT2D eigenvalue weighted by atomic mass is 10.1. The van der Waals surface area contributed by atoms with Crippen LogP contribution in [0, 0.1) is 0 Å². The van der Waals surface area contributed by atoms with Gasteiger partial charge in [0, 0.05) is 6.20 Å². The summed E-state index contributed by atoms with van der Waals surface area (Å²) in [6, 6.07) is 1.25. The zero-order chi connectivity index (χ0) is 23.8. The highest BCUT2D eigenvalue weighted by molar-refractivity contribution is 7.47. The number of aliphatic hydroxyl groups is 6. The molecule has 1 aromatic heterocycles. The summed E-state index contributed by atoms with van der Waals surface area (Å²) in [5.74, 6) is -2.91. The van der Waals surface area contributed by atoms with Crippen molar-refractivity contribution in [2.75, 3.05) is 18.9 Å². The molecule has 16 nitrogen and oxygen atoms in total. The van der Waals surface area contributed by atoms with Crippen LogP contribution in [0.25, 0.3) is 0 Å². The molecule has 0 saturated carbocycles. The Balaban J connectivity index is 1.62. The van der Waals surface area contributed by atoms with Gasteiger partial charge < -0.3 is 50.7 Å². The molecule has 17 heteroatoms. The van der Waals surface area contributed by atoms with Gasteiger partial charge in [-0.05, 0) is 6.07 Å². The molecule has 0 aromatic carbocycles. The highest BCUT2D eigenvalue weighted by atomic mass is 31.2. The van der Waals surface area contributed by atoms with Crippen LogP contribution in [0.5, 0.6) is 0 Å². The fourth-order valence-corrected chi connectivity index (χ4v) is 4.17. The fourth-order valence-electron chi connectivity index (χ4n) is 3.31. The van der Waals surface area contributed by atoms with Crippen molar-refractivity contribution >= 4 is 13.6 Å². The van der Waals surface area contributed by atoms with E-state index < -0.39 is 82.0 Å². The first-order valence-electron chi connectivity index (χ1n) is 9.27. The second-order valence-electron chi connectivity index (χ2n) is 7.26. The van der Waals surface area contributed by atoms with Gasteiger partial charge in [-0.2, -0.15) is 4.98 Å². The van der Waals surface area contributed by atoms with E-state index in [4.69, 9.17) is 20.3 Å². The van der Waals surface area contributed by atoms with Crippen LogP contribution in [0.4, 0.5) is 5.82 Å². The summed E-state index contributed by atoms with van der Waals surface area (Å²) in [5, 5.41) is 58.7. The Hall–Kier alpha value is -1.53. The van der Waals surface area contributed by atoms with Crippen LogP contribution < -0.4 is 11.4 Å². The summed E-state index contributed by atoms with van der Waals surface area (Å²) in [6.45, 7) is -1.65. The molecule has 182 valence electrons. The van der Waals surface area contributed by atoms with Crippen LogP contribution in [-0.4, -0.2) is 101 Å². The molecule has 3 heterocycles. The number of nitrogens with zero attached hydrogens (tertiary/aromatic N) is 2. The number of aliphatic hydroxyl groups excluding tert-OH is 5. The highest BCUT2D eigenvalue weighted by Crippen LogP contribution is 2.50. The lowest BCUT2D eigenvalue weighted by Gasteiger charge is -2.26. The Morgan fingerprint density at radius 3 is 2.69 bits per heavy atom. The molecule has 0 bridgehead atoms. The molecule has 2 aliphatic heterocycles. The number of nitrogen functional groups attached to an aromatic ring is 1. The minimum Gasteiger partial charge on any atom is -0.394 e. The lowest BCUT2D eigenvalue weighted by molar-refractivity contribution is -0.321. The van der Waals surface area contributed by atoms with Crippen molar-refractivity contribution in [3.8, 4) is 0 Å². The molecule has 0 aliphatic carbocycles. The third kappa shape index (κ3) is 5.33. The monoisotopic (exact) mass is 485 g/mol. The normalized spacial score (nSPS) is 38.0. The molecule has 0 amide bonds. The number of hydrogen-bond acceptors (Lipinski definition) is 14. The van der Waals surface area contributed by atoms with E-state index in [1.165, 1.54) is 12.3 Å². The molecule has 9 N–H and O–H groups in total. The van der Waals surface area contributed by atoms with E-state index >= 15 is 0 Å². The number of hydrogen-bond donors (Lipinski definition) is 8. The predicted octanol–water partition coefficient (Wildman–Crippen LogP) is -4.27. The number of phosphoric acid groups is 1. The van der Waals surface area contributed by atoms with Gasteiger partial charge in [0.25, 0.3) is 5.97 Å². The second-order valence-corrected chi connectivity index (χ2v) is 8.64. The van der Waals surface area contributed by atoms with Crippen LogP contribution in [-0.2, 0) is 23.1 Å². The van der Waals surface area contributed by atoms with Gasteiger partial charge in [0.1, 0.15) is 36.3 Å². The molecule has 0 radical (unpaired) electrons. The third-order valence-corrected chi connectivity index (χ3v) is 5.85. The SMILES string of the molecule is Nc1ccn([C@@H]2O[C@H](COP(=O)(O)O[C@]3(O)C[C@H](O)[C@@H](C(O)CO)O3)[C@@H](O)[C@H]2O)c(=O)n1. The largest absolute Gasteiger partial charge is 0.476 e. The van der Waals surface area contributed by atoms with Crippen LogP contribution in [0.1, 0.15) is 12.6 Å². The first-order valence-corrected chi connectivity index (χ1v) is 10.8. The molecular formula is C15H24N3O13P. The maximum atomic E-state index is 12.2. The summed E-state index contributed by atoms with van der Waals surface area (Å²) in [6.07, 6.45) is -10.3. The number of ether oxygens (including phenoxy) is 2. The first-order chi connectivity index (χ1) is 14.9. The fraction of sp³-hybridized carbons (Fsp3) is 0.733. The van der Waals surface area contributed by atoms with Gasteiger partial charge in [0.05, 0.1) is 25.7 Å². The molecule has 3 rings (SSSR count). The molecule has 9 atom stereocenters. The topological polar surface area (TPSA) is 257 Å². The highest BCUT2D eigenvalue weighted by Gasteiger charge is 2.53. The molecule has 2 unspecified atom stereocenters. The molecule has 32 heavy (non-hydrogen) atoms. The summed E-state index contributed by atoms with van der Waals surface area (Å²) in [5.41, 5.74) is 4.51. The smallest absolute Gasteiger partial charge is 0.394 e. The Morgan fingerprint density at radius 2 is 2.06 bits per heavy atom. The number of phosphoric ester groups is 1. The van der Waals surface area contributed by atoms with Gasteiger partial charge >= 0.3 is 13.5 Å². The maximum Gasteiger partial charge on any atom is 0.476 e. The molecule has 2 fully saturated rings. The zero-order valence-electron chi connectivity index (χ0n) is 16.3. The van der Waals surface area contributed by atoms with Crippen molar-refractivity contribution in [2.24, 2.45) is 0 Å². The Kier molecular flexibility index (Phi) is 7.36. The number of anilines is 1. The van der Waals surface area contributed by atoms with E-state index in [1.807, 2.05) is 0 Å². The van der Waals surface area contributed by atoms with E-state index in [1.54, 1.807) is 0 Å². The summed E-state index contributed by atoms with van der Waals surface area (Å²) in [7, 11) is -5.11. The van der Waals surface area contributed by atoms with Gasteiger partial charge in [-0.25, -0.2) is 13.9 Å². The van der Waals surface area contributed by atoms with Gasteiger partial charge in [-0.3, -0.25) is 9.09 Å². The maximum absolute atomic E-state index is 12.2. The van der Waals surface area contributed by atoms with E-state index in [-0.39, 0.29) is 5.82 Å². The minimum absolute atomic E-state index is 0.0801. The average molecular weight is 485 g/mol. The Bertz CT molecular complexity index is 917. The zero-order valence-corrected chi connectivity index (χ0v) is 17.2. The Labute approximate surface area is 179 Å². The standard InChI is InChI=1S/C15H24N3O13P/c16-9-1-2-18(14(24)17-9)13-11(23)10(22)8(29-13)5-28-32(26,27)31-15(25)3-6(20)12(30-15)7(21)4-19/h1-2,6-8,10-13,19-23,25H,3-5H2,(H,26,27)(H2,16,17,24)/t6-,7?,8+,10+,11+,12-,13+,15-/m0/s1. The number of rotatable bonds is 8. The van der Waals surface area contributed by atoms with E-state index in [0.717, 1.165) is 4.57 Å². The van der Waals surface area contributed by atoms with E-state index in [2.05, 4.69) is 14.0 Å².